The van der Waals surface area contributed by atoms with Crippen LogP contribution in [0.2, 0.25) is 0 Å². The number of anilines is 1. The van der Waals surface area contributed by atoms with E-state index in [0.717, 1.165) is 22.3 Å². The first kappa shape index (κ1) is 11.5. The van der Waals surface area contributed by atoms with Crippen LogP contribution in [0.4, 0.5) is 5.69 Å². The zero-order chi connectivity index (χ0) is 13.2. The summed E-state index contributed by atoms with van der Waals surface area (Å²) in [5.74, 6) is 0.824. The molecule has 4 N–H and O–H groups in total. The van der Waals surface area contributed by atoms with Crippen molar-refractivity contribution in [1.29, 1.82) is 0 Å². The minimum atomic E-state index is 0.193. The smallest absolute Gasteiger partial charge is 0.128 e. The minimum Gasteiger partial charge on any atom is -0.508 e. The van der Waals surface area contributed by atoms with Gasteiger partial charge in [-0.25, -0.2) is 0 Å². The highest BCUT2D eigenvalue weighted by Gasteiger charge is 2.04. The van der Waals surface area contributed by atoms with Crippen LogP contribution in [0.5, 0.6) is 11.5 Å². The Kier molecular flexibility index (Phi) is 2.76. The molecule has 3 aromatic rings. The van der Waals surface area contributed by atoms with E-state index < -0.39 is 0 Å². The molecule has 19 heavy (non-hydrogen) atoms. The third-order valence-electron chi connectivity index (χ3n) is 2.96. The zero-order valence-electron chi connectivity index (χ0n) is 10.3. The highest BCUT2D eigenvalue weighted by atomic mass is 16.5. The van der Waals surface area contributed by atoms with E-state index in [-0.39, 0.29) is 5.75 Å². The highest BCUT2D eigenvalue weighted by molar-refractivity contribution is 5.90. The van der Waals surface area contributed by atoms with Gasteiger partial charge in [-0.15, -0.1) is 0 Å². The number of aromatic nitrogens is 1. The largest absolute Gasteiger partial charge is 0.508 e. The fourth-order valence-corrected chi connectivity index (χ4v) is 2.05. The van der Waals surface area contributed by atoms with Gasteiger partial charge in [0.25, 0.3) is 0 Å². The summed E-state index contributed by atoms with van der Waals surface area (Å²) in [4.78, 5) is 3.24. The second-order valence-corrected chi connectivity index (χ2v) is 4.39. The number of ether oxygens (including phenoxy) is 1. The maximum Gasteiger partial charge on any atom is 0.128 e. The summed E-state index contributed by atoms with van der Waals surface area (Å²) in [5.41, 5.74) is 8.48. The number of hydrogen-bond donors (Lipinski definition) is 3. The molecule has 0 amide bonds. The van der Waals surface area contributed by atoms with Crippen LogP contribution in [-0.2, 0) is 6.61 Å². The number of aromatic amines is 1. The zero-order valence-corrected chi connectivity index (χ0v) is 10.3. The number of nitrogens with two attached hydrogens (primary N) is 1. The minimum absolute atomic E-state index is 0.193. The van der Waals surface area contributed by atoms with E-state index in [1.54, 1.807) is 24.3 Å². The van der Waals surface area contributed by atoms with Gasteiger partial charge in [-0.05, 0) is 24.3 Å². The first-order valence-electron chi connectivity index (χ1n) is 6.00. The maximum absolute atomic E-state index is 9.36. The molecule has 1 heterocycles. The van der Waals surface area contributed by atoms with Crippen LogP contribution in [0.1, 0.15) is 5.69 Å². The van der Waals surface area contributed by atoms with Gasteiger partial charge in [-0.1, -0.05) is 18.2 Å². The second kappa shape index (κ2) is 4.57. The van der Waals surface area contributed by atoms with Crippen LogP contribution >= 0.6 is 0 Å². The molecule has 0 bridgehead atoms. The lowest BCUT2D eigenvalue weighted by Gasteiger charge is -2.04. The molecule has 0 saturated heterocycles. The Labute approximate surface area is 110 Å². The van der Waals surface area contributed by atoms with Gasteiger partial charge in [-0.3, -0.25) is 0 Å². The van der Waals surface area contributed by atoms with E-state index >= 15 is 0 Å². The van der Waals surface area contributed by atoms with E-state index in [1.807, 2.05) is 24.3 Å². The predicted octanol–water partition coefficient (Wildman–Crippen LogP) is 3.03. The van der Waals surface area contributed by atoms with Gasteiger partial charge in [0.2, 0.25) is 0 Å². The van der Waals surface area contributed by atoms with Crippen molar-refractivity contribution in [2.75, 3.05) is 5.73 Å². The summed E-state index contributed by atoms with van der Waals surface area (Å²) in [6, 6.07) is 14.5. The topological polar surface area (TPSA) is 71.3 Å². The molecule has 1 aromatic heterocycles. The molecule has 4 heteroatoms. The fourth-order valence-electron chi connectivity index (χ4n) is 2.05. The summed E-state index contributed by atoms with van der Waals surface area (Å²) in [7, 11) is 0. The lowest BCUT2D eigenvalue weighted by atomic mass is 10.2. The average Bonchev–Trinajstić information content (AvgIpc) is 2.81. The first-order chi connectivity index (χ1) is 9.22. The van der Waals surface area contributed by atoms with Gasteiger partial charge in [0.1, 0.15) is 18.1 Å². The number of fused-ring (bicyclic) bond motifs is 1. The highest BCUT2D eigenvalue weighted by Crippen LogP contribution is 2.23. The van der Waals surface area contributed by atoms with Gasteiger partial charge >= 0.3 is 0 Å². The van der Waals surface area contributed by atoms with Crippen molar-refractivity contribution in [3.05, 3.63) is 54.2 Å². The molecule has 0 saturated carbocycles. The molecule has 3 rings (SSSR count). The van der Waals surface area contributed by atoms with Crippen LogP contribution in [0.15, 0.2) is 48.5 Å². The third-order valence-corrected chi connectivity index (χ3v) is 2.96. The van der Waals surface area contributed by atoms with Crippen molar-refractivity contribution in [3.63, 3.8) is 0 Å². The van der Waals surface area contributed by atoms with Gasteiger partial charge in [-0.2, -0.15) is 0 Å². The molecular formula is C15H14N2O2. The Morgan fingerprint density at radius 1 is 1.11 bits per heavy atom. The number of nitrogens with one attached hydrogen (secondary N) is 1. The van der Waals surface area contributed by atoms with E-state index in [0.29, 0.717) is 12.4 Å². The summed E-state index contributed by atoms with van der Waals surface area (Å²) < 4.78 is 5.61. The van der Waals surface area contributed by atoms with Crippen LogP contribution in [0.3, 0.4) is 0 Å². The summed E-state index contributed by atoms with van der Waals surface area (Å²) in [6.45, 7) is 0.400. The molecule has 2 aromatic carbocycles. The van der Waals surface area contributed by atoms with Crippen molar-refractivity contribution in [1.82, 2.24) is 4.98 Å². The van der Waals surface area contributed by atoms with Gasteiger partial charge in [0, 0.05) is 11.5 Å². The number of nitrogen functional groups attached to an aromatic ring is 1. The Balaban J connectivity index is 1.80. The van der Waals surface area contributed by atoms with Crippen molar-refractivity contribution in [2.45, 2.75) is 6.61 Å². The standard InChI is InChI=1S/C15H14N2O2/c16-14-6-1-3-10-7-11(17-15(10)14)9-19-13-5-2-4-12(18)8-13/h1-8,17-18H,9,16H2. The van der Waals surface area contributed by atoms with Crippen molar-refractivity contribution in [3.8, 4) is 11.5 Å². The van der Waals surface area contributed by atoms with Crippen LogP contribution in [0.25, 0.3) is 10.9 Å². The molecule has 0 fully saturated rings. The molecule has 0 unspecified atom stereocenters. The number of benzene rings is 2. The summed E-state index contributed by atoms with van der Waals surface area (Å²) in [6.07, 6.45) is 0. The molecule has 0 aliphatic carbocycles. The van der Waals surface area contributed by atoms with Crippen LogP contribution in [-0.4, -0.2) is 10.1 Å². The summed E-state index contributed by atoms with van der Waals surface area (Å²) >= 11 is 0. The Morgan fingerprint density at radius 2 is 1.95 bits per heavy atom. The van der Waals surface area contributed by atoms with Gasteiger partial charge < -0.3 is 20.6 Å². The average molecular weight is 254 g/mol. The van der Waals surface area contributed by atoms with Crippen LogP contribution < -0.4 is 10.5 Å². The number of H-pyrrole nitrogens is 1. The van der Waals surface area contributed by atoms with Gasteiger partial charge in [0.05, 0.1) is 16.9 Å². The Bertz CT molecular complexity index is 719. The lowest BCUT2D eigenvalue weighted by molar-refractivity contribution is 0.300. The molecule has 96 valence electrons. The molecule has 0 aliphatic heterocycles. The van der Waals surface area contributed by atoms with Gasteiger partial charge in [0.15, 0.2) is 0 Å². The van der Waals surface area contributed by atoms with E-state index in [2.05, 4.69) is 4.98 Å². The van der Waals surface area contributed by atoms with Crippen molar-refractivity contribution in [2.24, 2.45) is 0 Å². The SMILES string of the molecule is Nc1cccc2cc(COc3cccc(O)c3)[nH]c12. The first-order valence-corrected chi connectivity index (χ1v) is 6.00. The number of para-hydroxylation sites is 1. The number of phenols is 1. The third kappa shape index (κ3) is 2.33. The molecule has 0 spiro atoms. The summed E-state index contributed by atoms with van der Waals surface area (Å²) in [5, 5.41) is 10.4. The normalized spacial score (nSPS) is 10.7. The number of phenolic OH excluding ortho intramolecular Hbond substituents is 1. The number of aromatic hydroxyl groups is 1. The quantitative estimate of drug-likeness (QED) is 0.629. The maximum atomic E-state index is 9.36. The molecule has 0 aliphatic rings. The fraction of sp³-hybridized carbons (Fsp3) is 0.0667. The molecular weight excluding hydrogens is 240 g/mol. The van der Waals surface area contributed by atoms with Crippen molar-refractivity contribution < 1.29 is 9.84 Å². The van der Waals surface area contributed by atoms with Crippen LogP contribution in [0, 0.1) is 0 Å². The second-order valence-electron chi connectivity index (χ2n) is 4.39. The molecule has 4 nitrogen and oxygen atoms in total. The molecule has 0 radical (unpaired) electrons. The Morgan fingerprint density at radius 3 is 2.74 bits per heavy atom. The monoisotopic (exact) mass is 254 g/mol. The van der Waals surface area contributed by atoms with E-state index in [1.165, 1.54) is 0 Å². The van der Waals surface area contributed by atoms with E-state index in [9.17, 15) is 5.11 Å². The predicted molar refractivity (Wildman–Crippen MR) is 75.1 cm³/mol. The lowest BCUT2D eigenvalue weighted by Crippen LogP contribution is -1.95. The van der Waals surface area contributed by atoms with E-state index in [4.69, 9.17) is 10.5 Å². The number of rotatable bonds is 3. The number of hydrogen-bond acceptors (Lipinski definition) is 3. The van der Waals surface area contributed by atoms with Crippen molar-refractivity contribution >= 4 is 16.6 Å². The molecule has 0 atom stereocenters. The Hall–Kier alpha value is -2.62.